The third kappa shape index (κ3) is 2.09. The molecule has 0 radical (unpaired) electrons. The van der Waals surface area contributed by atoms with E-state index in [1.807, 2.05) is 0 Å². The lowest BCUT2D eigenvalue weighted by molar-refractivity contribution is 0.103. The Morgan fingerprint density at radius 3 is 2.39 bits per heavy atom. The summed E-state index contributed by atoms with van der Waals surface area (Å²) in [5, 5.41) is 0. The number of ketones is 1. The maximum absolute atomic E-state index is 13.6. The lowest BCUT2D eigenvalue weighted by Crippen LogP contribution is -2.08. The van der Waals surface area contributed by atoms with Crippen molar-refractivity contribution >= 4 is 11.5 Å². The van der Waals surface area contributed by atoms with Gasteiger partial charge in [-0.1, -0.05) is 12.1 Å². The molecule has 4 heteroatoms. The van der Waals surface area contributed by atoms with Gasteiger partial charge in [0.2, 0.25) is 0 Å². The van der Waals surface area contributed by atoms with Crippen molar-refractivity contribution in [3.8, 4) is 0 Å². The molecule has 0 saturated carbocycles. The number of aryl methyl sites for hydroxylation is 1. The van der Waals surface area contributed by atoms with Crippen LogP contribution in [0, 0.1) is 18.6 Å². The number of hydrogen-bond donors (Lipinski definition) is 1. The molecule has 0 saturated heterocycles. The predicted octanol–water partition coefficient (Wildman–Crippen LogP) is 3.09. The van der Waals surface area contributed by atoms with Gasteiger partial charge in [0.15, 0.2) is 5.78 Å². The molecule has 0 bridgehead atoms. The van der Waals surface area contributed by atoms with Crippen LogP contribution in [0.25, 0.3) is 0 Å². The molecule has 0 aromatic heterocycles. The highest BCUT2D eigenvalue weighted by molar-refractivity contribution is 6.12. The summed E-state index contributed by atoms with van der Waals surface area (Å²) in [6.07, 6.45) is 0. The van der Waals surface area contributed by atoms with Crippen LogP contribution >= 0.6 is 0 Å². The van der Waals surface area contributed by atoms with Crippen molar-refractivity contribution in [3.05, 3.63) is 64.7 Å². The average Bonchev–Trinajstić information content (AvgIpc) is 2.33. The highest BCUT2D eigenvalue weighted by Crippen LogP contribution is 2.20. The highest BCUT2D eigenvalue weighted by atomic mass is 19.1. The fraction of sp³-hybridized carbons (Fsp3) is 0.0714. The SMILES string of the molecule is Cc1cc(C(=O)c2ccccc2N)c(F)cc1F. The van der Waals surface area contributed by atoms with Gasteiger partial charge >= 0.3 is 0 Å². The summed E-state index contributed by atoms with van der Waals surface area (Å²) in [5.41, 5.74) is 6.18. The summed E-state index contributed by atoms with van der Waals surface area (Å²) < 4.78 is 26.7. The van der Waals surface area contributed by atoms with E-state index in [9.17, 15) is 13.6 Å². The third-order valence-corrected chi connectivity index (χ3v) is 2.70. The summed E-state index contributed by atoms with van der Waals surface area (Å²) in [5.74, 6) is -2.11. The summed E-state index contributed by atoms with van der Waals surface area (Å²) in [6.45, 7) is 1.47. The van der Waals surface area contributed by atoms with E-state index in [0.29, 0.717) is 6.07 Å². The van der Waals surface area contributed by atoms with Gasteiger partial charge in [0, 0.05) is 17.3 Å². The fourth-order valence-corrected chi connectivity index (χ4v) is 1.68. The quantitative estimate of drug-likeness (QED) is 0.654. The average molecular weight is 247 g/mol. The minimum atomic E-state index is -0.883. The van der Waals surface area contributed by atoms with Crippen LogP contribution in [0.5, 0.6) is 0 Å². The molecule has 2 aromatic rings. The van der Waals surface area contributed by atoms with Crippen LogP contribution < -0.4 is 5.73 Å². The molecule has 92 valence electrons. The molecule has 0 heterocycles. The number of rotatable bonds is 2. The third-order valence-electron chi connectivity index (χ3n) is 2.70. The van der Waals surface area contributed by atoms with Crippen LogP contribution in [0.4, 0.5) is 14.5 Å². The second-order valence-electron chi connectivity index (χ2n) is 4.00. The number of anilines is 1. The Hall–Kier alpha value is -2.23. The lowest BCUT2D eigenvalue weighted by Gasteiger charge is -2.07. The summed E-state index contributed by atoms with van der Waals surface area (Å²) in [6, 6.07) is 8.29. The molecule has 18 heavy (non-hydrogen) atoms. The molecule has 0 aliphatic heterocycles. The largest absolute Gasteiger partial charge is 0.398 e. The fourth-order valence-electron chi connectivity index (χ4n) is 1.68. The van der Waals surface area contributed by atoms with E-state index >= 15 is 0 Å². The second-order valence-corrected chi connectivity index (χ2v) is 4.00. The molecule has 2 nitrogen and oxygen atoms in total. The standard InChI is InChI=1S/C14H11F2NO/c1-8-6-10(12(16)7-11(8)15)14(18)9-4-2-3-5-13(9)17/h2-7H,17H2,1H3. The Bertz CT molecular complexity index is 623. The van der Waals surface area contributed by atoms with E-state index < -0.39 is 17.4 Å². The monoisotopic (exact) mass is 247 g/mol. The van der Waals surface area contributed by atoms with Gasteiger partial charge in [-0.15, -0.1) is 0 Å². The zero-order valence-electron chi connectivity index (χ0n) is 9.71. The van der Waals surface area contributed by atoms with Crippen molar-refractivity contribution in [3.63, 3.8) is 0 Å². The smallest absolute Gasteiger partial charge is 0.198 e. The van der Waals surface area contributed by atoms with Gasteiger partial charge in [-0.05, 0) is 30.7 Å². The summed E-state index contributed by atoms with van der Waals surface area (Å²) in [4.78, 5) is 12.1. The minimum Gasteiger partial charge on any atom is -0.398 e. The molecule has 0 unspecified atom stereocenters. The van der Waals surface area contributed by atoms with E-state index in [1.54, 1.807) is 18.2 Å². The molecule has 2 aromatic carbocycles. The normalized spacial score (nSPS) is 10.4. The minimum absolute atomic E-state index is 0.174. The van der Waals surface area contributed by atoms with Crippen molar-refractivity contribution in [1.29, 1.82) is 0 Å². The first-order valence-electron chi connectivity index (χ1n) is 5.35. The number of carbonyl (C=O) groups excluding carboxylic acids is 1. The highest BCUT2D eigenvalue weighted by Gasteiger charge is 2.17. The maximum atomic E-state index is 13.6. The van der Waals surface area contributed by atoms with Crippen LogP contribution in [-0.2, 0) is 0 Å². The number of para-hydroxylation sites is 1. The first-order valence-corrected chi connectivity index (χ1v) is 5.35. The van der Waals surface area contributed by atoms with Crippen LogP contribution in [-0.4, -0.2) is 5.78 Å². The Morgan fingerprint density at radius 2 is 1.72 bits per heavy atom. The van der Waals surface area contributed by atoms with Gasteiger partial charge in [-0.25, -0.2) is 8.78 Å². The van der Waals surface area contributed by atoms with E-state index in [0.717, 1.165) is 0 Å². The van der Waals surface area contributed by atoms with E-state index in [-0.39, 0.29) is 22.4 Å². The number of nitrogens with two attached hydrogens (primary N) is 1. The van der Waals surface area contributed by atoms with Crippen LogP contribution in [0.3, 0.4) is 0 Å². The Balaban J connectivity index is 2.53. The second kappa shape index (κ2) is 4.56. The molecule has 0 atom stereocenters. The molecule has 0 aliphatic rings. The van der Waals surface area contributed by atoms with E-state index in [1.165, 1.54) is 19.1 Å². The van der Waals surface area contributed by atoms with Crippen LogP contribution in [0.1, 0.15) is 21.5 Å². The molecule has 2 N–H and O–H groups in total. The molecule has 0 fully saturated rings. The molecule has 2 rings (SSSR count). The number of benzene rings is 2. The summed E-state index contributed by atoms with van der Waals surface area (Å²) >= 11 is 0. The predicted molar refractivity (Wildman–Crippen MR) is 65.4 cm³/mol. The zero-order chi connectivity index (χ0) is 13.3. The van der Waals surface area contributed by atoms with Crippen LogP contribution in [0.15, 0.2) is 36.4 Å². The summed E-state index contributed by atoms with van der Waals surface area (Å²) in [7, 11) is 0. The van der Waals surface area contributed by atoms with Crippen molar-refractivity contribution in [1.82, 2.24) is 0 Å². The first kappa shape index (κ1) is 12.2. The van der Waals surface area contributed by atoms with Gasteiger partial charge in [-0.3, -0.25) is 4.79 Å². The number of carbonyl (C=O) groups is 1. The van der Waals surface area contributed by atoms with Gasteiger partial charge in [0.05, 0.1) is 5.56 Å². The Labute approximate surface area is 103 Å². The zero-order valence-corrected chi connectivity index (χ0v) is 9.71. The Kier molecular flexibility index (Phi) is 3.10. The number of halogens is 2. The molecule has 0 aliphatic carbocycles. The van der Waals surface area contributed by atoms with Crippen molar-refractivity contribution < 1.29 is 13.6 Å². The molecular formula is C14H11F2NO. The Morgan fingerprint density at radius 1 is 1.06 bits per heavy atom. The topological polar surface area (TPSA) is 43.1 Å². The molecule has 0 spiro atoms. The van der Waals surface area contributed by atoms with Crippen molar-refractivity contribution in [2.45, 2.75) is 6.92 Å². The van der Waals surface area contributed by atoms with Crippen molar-refractivity contribution in [2.24, 2.45) is 0 Å². The van der Waals surface area contributed by atoms with Gasteiger partial charge in [0.25, 0.3) is 0 Å². The van der Waals surface area contributed by atoms with Gasteiger partial charge in [0.1, 0.15) is 11.6 Å². The lowest BCUT2D eigenvalue weighted by atomic mass is 9.99. The number of hydrogen-bond acceptors (Lipinski definition) is 2. The molecule has 0 amide bonds. The number of nitrogen functional groups attached to an aromatic ring is 1. The van der Waals surface area contributed by atoms with E-state index in [2.05, 4.69) is 0 Å². The van der Waals surface area contributed by atoms with Gasteiger partial charge in [-0.2, -0.15) is 0 Å². The molecular weight excluding hydrogens is 236 g/mol. The van der Waals surface area contributed by atoms with Gasteiger partial charge < -0.3 is 5.73 Å². The maximum Gasteiger partial charge on any atom is 0.198 e. The van der Waals surface area contributed by atoms with Crippen LogP contribution in [0.2, 0.25) is 0 Å². The van der Waals surface area contributed by atoms with E-state index in [4.69, 9.17) is 5.73 Å². The first-order chi connectivity index (χ1) is 8.50. The van der Waals surface area contributed by atoms with Crippen molar-refractivity contribution in [2.75, 3.05) is 5.73 Å².